The summed E-state index contributed by atoms with van der Waals surface area (Å²) >= 11 is 0. The summed E-state index contributed by atoms with van der Waals surface area (Å²) in [6.07, 6.45) is 5.49. The summed E-state index contributed by atoms with van der Waals surface area (Å²) < 4.78 is 19.2. The summed E-state index contributed by atoms with van der Waals surface area (Å²) in [6.45, 7) is 8.20. The molecule has 1 aliphatic heterocycles. The van der Waals surface area contributed by atoms with Gasteiger partial charge in [-0.3, -0.25) is 4.40 Å². The van der Waals surface area contributed by atoms with Crippen molar-refractivity contribution in [3.8, 4) is 0 Å². The number of aromatic nitrogens is 1. The Balaban J connectivity index is 1.95. The van der Waals surface area contributed by atoms with Gasteiger partial charge in [-0.05, 0) is 27.7 Å². The quantitative estimate of drug-likeness (QED) is 0.705. The molecule has 5 heteroatoms. The van der Waals surface area contributed by atoms with Gasteiger partial charge in [0.1, 0.15) is 6.26 Å². The van der Waals surface area contributed by atoms with Crippen LogP contribution in [0.4, 0.5) is 0 Å². The summed E-state index contributed by atoms with van der Waals surface area (Å²) in [5.41, 5.74) is 1.18. The number of oxazole rings is 1. The first-order chi connectivity index (χ1) is 7.89. The van der Waals surface area contributed by atoms with Crippen LogP contribution in [0.2, 0.25) is 0 Å². The average molecular weight is 233 g/mol. The van der Waals surface area contributed by atoms with Gasteiger partial charge in [0.15, 0.2) is 0 Å². The van der Waals surface area contributed by atoms with Crippen molar-refractivity contribution in [3.63, 3.8) is 0 Å². The Bertz CT molecular complexity index is 510. The minimum absolute atomic E-state index is 0.305. The number of fused-ring (bicyclic) bond motifs is 1. The lowest BCUT2D eigenvalue weighted by atomic mass is 9.81. The second-order valence-electron chi connectivity index (χ2n) is 5.51. The van der Waals surface area contributed by atoms with E-state index in [0.717, 1.165) is 11.2 Å². The fourth-order valence-corrected chi connectivity index (χ4v) is 1.96. The van der Waals surface area contributed by atoms with Crippen molar-refractivity contribution < 1.29 is 13.7 Å². The highest BCUT2D eigenvalue weighted by Crippen LogP contribution is 2.36. The molecule has 0 spiro atoms. The van der Waals surface area contributed by atoms with E-state index < -0.39 is 0 Å². The van der Waals surface area contributed by atoms with E-state index in [4.69, 9.17) is 13.7 Å². The van der Waals surface area contributed by atoms with Gasteiger partial charge >= 0.3 is 7.12 Å². The van der Waals surface area contributed by atoms with Gasteiger partial charge < -0.3 is 13.7 Å². The van der Waals surface area contributed by atoms with Crippen LogP contribution in [0, 0.1) is 0 Å². The number of hydrogen-bond acceptors (Lipinski definition) is 3. The fraction of sp³-hybridized carbons (Fsp3) is 0.500. The van der Waals surface area contributed by atoms with Gasteiger partial charge in [0.2, 0.25) is 5.71 Å². The smallest absolute Gasteiger partial charge is 0.447 e. The second-order valence-corrected chi connectivity index (χ2v) is 5.51. The zero-order valence-corrected chi connectivity index (χ0v) is 10.6. The van der Waals surface area contributed by atoms with Crippen molar-refractivity contribution in [1.29, 1.82) is 0 Å². The summed E-state index contributed by atoms with van der Waals surface area (Å²) in [6, 6.07) is 1.95. The first kappa shape index (κ1) is 10.9. The van der Waals surface area contributed by atoms with Crippen LogP contribution in [0.15, 0.2) is 29.1 Å². The van der Waals surface area contributed by atoms with Crippen molar-refractivity contribution >= 4 is 18.3 Å². The highest BCUT2D eigenvalue weighted by atomic mass is 16.7. The van der Waals surface area contributed by atoms with Crippen LogP contribution in [-0.2, 0) is 9.31 Å². The van der Waals surface area contributed by atoms with Crippen molar-refractivity contribution in [1.82, 2.24) is 4.40 Å². The molecule has 2 aromatic heterocycles. The summed E-state index contributed by atoms with van der Waals surface area (Å²) in [7, 11) is -0.324. The molecule has 0 radical (unpaired) electrons. The Morgan fingerprint density at radius 1 is 1.12 bits per heavy atom. The summed E-state index contributed by atoms with van der Waals surface area (Å²) in [5.74, 6) is 0. The Morgan fingerprint density at radius 2 is 1.76 bits per heavy atom. The molecule has 0 saturated carbocycles. The third-order valence-corrected chi connectivity index (χ3v) is 3.77. The van der Waals surface area contributed by atoms with Gasteiger partial charge in [-0.1, -0.05) is 0 Å². The molecule has 0 N–H and O–H groups in total. The van der Waals surface area contributed by atoms with Crippen molar-refractivity contribution in [2.24, 2.45) is 0 Å². The van der Waals surface area contributed by atoms with Crippen molar-refractivity contribution in [2.45, 2.75) is 38.9 Å². The Kier molecular flexibility index (Phi) is 2.04. The Morgan fingerprint density at radius 3 is 2.35 bits per heavy atom. The molecule has 90 valence electrons. The van der Waals surface area contributed by atoms with Crippen LogP contribution in [0.1, 0.15) is 27.7 Å². The molecule has 3 heterocycles. The normalized spacial score (nSPS) is 22.5. The molecule has 3 rings (SSSR count). The maximum Gasteiger partial charge on any atom is 0.496 e. The number of rotatable bonds is 1. The molecule has 0 bridgehead atoms. The van der Waals surface area contributed by atoms with Gasteiger partial charge in [-0.15, -0.1) is 0 Å². The van der Waals surface area contributed by atoms with E-state index in [1.165, 1.54) is 0 Å². The van der Waals surface area contributed by atoms with Gasteiger partial charge in [0, 0.05) is 23.9 Å². The maximum absolute atomic E-state index is 5.97. The van der Waals surface area contributed by atoms with Crippen LogP contribution in [-0.4, -0.2) is 22.7 Å². The van der Waals surface area contributed by atoms with E-state index in [9.17, 15) is 0 Å². The molecule has 1 aliphatic rings. The van der Waals surface area contributed by atoms with Gasteiger partial charge in [-0.2, -0.15) is 0 Å². The van der Waals surface area contributed by atoms with E-state index in [0.29, 0.717) is 0 Å². The lowest BCUT2D eigenvalue weighted by Gasteiger charge is -2.32. The van der Waals surface area contributed by atoms with E-state index in [-0.39, 0.29) is 18.3 Å². The fourth-order valence-electron chi connectivity index (χ4n) is 1.96. The molecule has 17 heavy (non-hydrogen) atoms. The molecule has 2 aromatic rings. The Hall–Kier alpha value is -1.20. The zero-order chi connectivity index (χ0) is 12.3. The monoisotopic (exact) mass is 233 g/mol. The van der Waals surface area contributed by atoms with Crippen molar-refractivity contribution in [2.75, 3.05) is 0 Å². The maximum atomic E-state index is 5.97. The van der Waals surface area contributed by atoms with E-state index in [2.05, 4.69) is 0 Å². The summed E-state index contributed by atoms with van der Waals surface area (Å²) in [4.78, 5) is 0. The lowest BCUT2D eigenvalue weighted by molar-refractivity contribution is 0.00578. The Labute approximate surface area is 101 Å². The molecule has 0 unspecified atom stereocenters. The average Bonchev–Trinajstić information content (AvgIpc) is 2.77. The predicted octanol–water partition coefficient (Wildman–Crippen LogP) is 1.83. The third-order valence-electron chi connectivity index (χ3n) is 3.77. The molecule has 4 nitrogen and oxygen atoms in total. The lowest BCUT2D eigenvalue weighted by Crippen LogP contribution is -2.41. The second kappa shape index (κ2) is 3.18. The van der Waals surface area contributed by atoms with Gasteiger partial charge in [-0.25, -0.2) is 0 Å². The van der Waals surface area contributed by atoms with E-state index >= 15 is 0 Å². The molecule has 1 saturated heterocycles. The van der Waals surface area contributed by atoms with E-state index in [1.54, 1.807) is 6.26 Å². The van der Waals surface area contributed by atoms with Crippen LogP contribution in [0.5, 0.6) is 0 Å². The predicted molar refractivity (Wildman–Crippen MR) is 65.4 cm³/mol. The minimum atomic E-state index is -0.324. The molecule has 0 amide bonds. The first-order valence-electron chi connectivity index (χ1n) is 5.80. The molecule has 1 fully saturated rings. The SMILES string of the molecule is CC1(C)OB(c2cc3occn3c2)OC1(C)C. The minimum Gasteiger partial charge on any atom is -0.447 e. The van der Waals surface area contributed by atoms with E-state index in [1.807, 2.05) is 50.6 Å². The number of hydrogen-bond donors (Lipinski definition) is 0. The molecule has 0 atom stereocenters. The first-order valence-corrected chi connectivity index (χ1v) is 5.80. The highest BCUT2D eigenvalue weighted by Gasteiger charge is 2.52. The number of nitrogens with zero attached hydrogens (tertiary/aromatic N) is 1. The van der Waals surface area contributed by atoms with Crippen molar-refractivity contribution in [3.05, 3.63) is 24.7 Å². The highest BCUT2D eigenvalue weighted by molar-refractivity contribution is 6.62. The zero-order valence-electron chi connectivity index (χ0n) is 10.6. The largest absolute Gasteiger partial charge is 0.496 e. The summed E-state index contributed by atoms with van der Waals surface area (Å²) in [5, 5.41) is 0. The van der Waals surface area contributed by atoms with Gasteiger partial charge in [0.05, 0.1) is 11.2 Å². The molecular weight excluding hydrogens is 217 g/mol. The standard InChI is InChI=1S/C12H16BNO3/c1-11(2)12(3,4)17-13(16-11)9-7-10-14(8-9)5-6-15-10/h5-8H,1-4H3. The van der Waals surface area contributed by atoms with Gasteiger partial charge in [0.25, 0.3) is 0 Å². The molecule has 0 aromatic carbocycles. The molecule has 0 aliphatic carbocycles. The topological polar surface area (TPSA) is 36.0 Å². The van der Waals surface area contributed by atoms with Crippen LogP contribution < -0.4 is 5.46 Å². The molecular formula is C12H16BNO3. The van der Waals surface area contributed by atoms with Crippen LogP contribution >= 0.6 is 0 Å². The van der Waals surface area contributed by atoms with Crippen LogP contribution in [0.25, 0.3) is 5.71 Å². The third kappa shape index (κ3) is 1.53. The van der Waals surface area contributed by atoms with Crippen LogP contribution in [0.3, 0.4) is 0 Å².